The first-order chi connectivity index (χ1) is 8.10. The molecule has 17 heavy (non-hydrogen) atoms. The van der Waals surface area contributed by atoms with Crippen molar-refractivity contribution in [2.45, 2.75) is 52.5 Å². The van der Waals surface area contributed by atoms with Gasteiger partial charge in [-0.3, -0.25) is 9.59 Å². The average molecular weight is 240 g/mol. The average Bonchev–Trinajstić information content (AvgIpc) is 2.83. The molecule has 0 aromatic rings. The zero-order chi connectivity index (χ0) is 12.8. The summed E-state index contributed by atoms with van der Waals surface area (Å²) in [7, 11) is 0. The van der Waals surface area contributed by atoms with E-state index in [1.807, 2.05) is 18.7 Å². The monoisotopic (exact) mass is 240 g/mol. The summed E-state index contributed by atoms with van der Waals surface area (Å²) in [5, 5.41) is 2.83. The molecule has 4 nitrogen and oxygen atoms in total. The van der Waals surface area contributed by atoms with Crippen molar-refractivity contribution in [1.29, 1.82) is 0 Å². The van der Waals surface area contributed by atoms with E-state index in [9.17, 15) is 9.59 Å². The normalized spacial score (nSPS) is 17.3. The number of carbonyl (C=O) groups excluding carboxylic acids is 2. The van der Waals surface area contributed by atoms with Gasteiger partial charge in [-0.15, -0.1) is 0 Å². The number of nitrogens with zero attached hydrogens (tertiary/aromatic N) is 1. The van der Waals surface area contributed by atoms with Crippen molar-refractivity contribution in [3.8, 4) is 0 Å². The van der Waals surface area contributed by atoms with E-state index in [1.54, 1.807) is 6.92 Å². The van der Waals surface area contributed by atoms with Crippen LogP contribution < -0.4 is 5.32 Å². The van der Waals surface area contributed by atoms with Crippen molar-refractivity contribution < 1.29 is 9.59 Å². The summed E-state index contributed by atoms with van der Waals surface area (Å²) >= 11 is 0. The lowest BCUT2D eigenvalue weighted by Gasteiger charge is -2.22. The molecule has 1 heterocycles. The van der Waals surface area contributed by atoms with Gasteiger partial charge in [-0.05, 0) is 32.6 Å². The molecule has 4 heteroatoms. The van der Waals surface area contributed by atoms with Crippen LogP contribution in [0.25, 0.3) is 0 Å². The molecule has 1 atom stereocenters. The maximum absolute atomic E-state index is 12.0. The summed E-state index contributed by atoms with van der Waals surface area (Å²) in [4.78, 5) is 25.7. The van der Waals surface area contributed by atoms with Gasteiger partial charge in [0, 0.05) is 19.0 Å². The van der Waals surface area contributed by atoms with Crippen LogP contribution in [0.15, 0.2) is 0 Å². The van der Waals surface area contributed by atoms with E-state index in [4.69, 9.17) is 0 Å². The van der Waals surface area contributed by atoms with Gasteiger partial charge in [-0.25, -0.2) is 0 Å². The van der Waals surface area contributed by atoms with Gasteiger partial charge in [-0.1, -0.05) is 13.8 Å². The maximum Gasteiger partial charge on any atom is 0.244 e. The Hall–Kier alpha value is -1.06. The molecule has 0 unspecified atom stereocenters. The van der Waals surface area contributed by atoms with Crippen LogP contribution >= 0.6 is 0 Å². The maximum atomic E-state index is 12.0. The van der Waals surface area contributed by atoms with Gasteiger partial charge < -0.3 is 10.2 Å². The van der Waals surface area contributed by atoms with Crippen molar-refractivity contribution >= 4 is 11.8 Å². The summed E-state index contributed by atoms with van der Waals surface area (Å²) < 4.78 is 0. The van der Waals surface area contributed by atoms with E-state index in [-0.39, 0.29) is 23.8 Å². The Balaban J connectivity index is 2.44. The van der Waals surface area contributed by atoms with Gasteiger partial charge >= 0.3 is 0 Å². The van der Waals surface area contributed by atoms with Gasteiger partial charge in [0.25, 0.3) is 0 Å². The van der Waals surface area contributed by atoms with E-state index in [2.05, 4.69) is 5.32 Å². The van der Waals surface area contributed by atoms with Crippen molar-refractivity contribution in [3.63, 3.8) is 0 Å². The smallest absolute Gasteiger partial charge is 0.244 e. The molecule has 0 bridgehead atoms. The summed E-state index contributed by atoms with van der Waals surface area (Å²) in [6.45, 7) is 7.45. The molecule has 0 spiro atoms. The topological polar surface area (TPSA) is 49.4 Å². The first-order valence-electron chi connectivity index (χ1n) is 6.69. The first-order valence-corrected chi connectivity index (χ1v) is 6.69. The Bertz CT molecular complexity index is 269. The summed E-state index contributed by atoms with van der Waals surface area (Å²) in [5.74, 6) is 0.0979. The molecule has 98 valence electrons. The number of hydrogen-bond acceptors (Lipinski definition) is 2. The second kappa shape index (κ2) is 6.62. The van der Waals surface area contributed by atoms with E-state index >= 15 is 0 Å². The SMILES string of the molecule is CCC(CC)C(=O)N[C@@H](C)C(=O)N1CCCC1. The fraction of sp³-hybridized carbons (Fsp3) is 0.846. The standard InChI is InChI=1S/C13H24N2O2/c1-4-11(5-2)12(16)14-10(3)13(17)15-8-6-7-9-15/h10-11H,4-9H2,1-3H3,(H,14,16)/t10-/m0/s1. The minimum absolute atomic E-state index is 0.00930. The minimum atomic E-state index is -0.388. The molecule has 0 radical (unpaired) electrons. The molecule has 0 aromatic carbocycles. The third kappa shape index (κ3) is 3.72. The molecule has 0 saturated carbocycles. The summed E-state index contributed by atoms with van der Waals surface area (Å²) in [5.41, 5.74) is 0. The van der Waals surface area contributed by atoms with Crippen LogP contribution in [0.5, 0.6) is 0 Å². The molecule has 1 aliphatic heterocycles. The highest BCUT2D eigenvalue weighted by Gasteiger charge is 2.25. The quantitative estimate of drug-likeness (QED) is 0.792. The molecule has 1 fully saturated rings. The number of rotatable bonds is 5. The summed E-state index contributed by atoms with van der Waals surface area (Å²) in [6.07, 6.45) is 3.82. The number of hydrogen-bond donors (Lipinski definition) is 1. The third-order valence-corrected chi connectivity index (χ3v) is 3.50. The predicted molar refractivity (Wildman–Crippen MR) is 67.5 cm³/mol. The highest BCUT2D eigenvalue weighted by Crippen LogP contribution is 2.11. The minimum Gasteiger partial charge on any atom is -0.344 e. The van der Waals surface area contributed by atoms with Crippen LogP contribution in [-0.4, -0.2) is 35.8 Å². The van der Waals surface area contributed by atoms with Crippen LogP contribution in [0.3, 0.4) is 0 Å². The highest BCUT2D eigenvalue weighted by molar-refractivity contribution is 5.88. The molecule has 1 aliphatic rings. The van der Waals surface area contributed by atoms with E-state index in [0.717, 1.165) is 38.8 Å². The van der Waals surface area contributed by atoms with Gasteiger partial charge in [0.15, 0.2) is 0 Å². The van der Waals surface area contributed by atoms with Crippen LogP contribution in [-0.2, 0) is 9.59 Å². The number of amides is 2. The van der Waals surface area contributed by atoms with Gasteiger partial charge in [-0.2, -0.15) is 0 Å². The van der Waals surface area contributed by atoms with E-state index in [0.29, 0.717) is 0 Å². The number of nitrogens with one attached hydrogen (secondary N) is 1. The highest BCUT2D eigenvalue weighted by atomic mass is 16.2. The second-order valence-electron chi connectivity index (χ2n) is 4.78. The van der Waals surface area contributed by atoms with Crippen LogP contribution in [0.2, 0.25) is 0 Å². The second-order valence-corrected chi connectivity index (χ2v) is 4.78. The molecular formula is C13H24N2O2. The van der Waals surface area contributed by atoms with Gasteiger partial charge in [0.05, 0.1) is 0 Å². The Morgan fingerprint density at radius 1 is 1.18 bits per heavy atom. The lowest BCUT2D eigenvalue weighted by Crippen LogP contribution is -2.47. The molecular weight excluding hydrogens is 216 g/mol. The van der Waals surface area contributed by atoms with Gasteiger partial charge in [0.1, 0.15) is 6.04 Å². The predicted octanol–water partition coefficient (Wildman–Crippen LogP) is 1.55. The van der Waals surface area contributed by atoms with Crippen molar-refractivity contribution in [1.82, 2.24) is 10.2 Å². The Labute approximate surface area is 104 Å². The number of carbonyl (C=O) groups is 2. The van der Waals surface area contributed by atoms with Gasteiger partial charge in [0.2, 0.25) is 11.8 Å². The fourth-order valence-electron chi connectivity index (χ4n) is 2.26. The summed E-state index contributed by atoms with van der Waals surface area (Å²) in [6, 6.07) is -0.388. The fourth-order valence-corrected chi connectivity index (χ4v) is 2.26. The molecule has 0 aromatic heterocycles. The van der Waals surface area contributed by atoms with Crippen LogP contribution in [0.4, 0.5) is 0 Å². The Morgan fingerprint density at radius 3 is 2.18 bits per heavy atom. The number of likely N-dealkylation sites (tertiary alicyclic amines) is 1. The molecule has 2 amide bonds. The Kier molecular flexibility index (Phi) is 5.45. The lowest BCUT2D eigenvalue weighted by atomic mass is 10.0. The molecule has 1 rings (SSSR count). The first kappa shape index (κ1) is 14.0. The Morgan fingerprint density at radius 2 is 1.71 bits per heavy atom. The van der Waals surface area contributed by atoms with Crippen molar-refractivity contribution in [3.05, 3.63) is 0 Å². The molecule has 1 N–H and O–H groups in total. The molecule has 1 saturated heterocycles. The van der Waals surface area contributed by atoms with Crippen LogP contribution in [0, 0.1) is 5.92 Å². The molecule has 0 aliphatic carbocycles. The lowest BCUT2D eigenvalue weighted by molar-refractivity contribution is -0.136. The third-order valence-electron chi connectivity index (χ3n) is 3.50. The van der Waals surface area contributed by atoms with E-state index in [1.165, 1.54) is 0 Å². The van der Waals surface area contributed by atoms with Crippen molar-refractivity contribution in [2.75, 3.05) is 13.1 Å². The largest absolute Gasteiger partial charge is 0.344 e. The zero-order valence-corrected chi connectivity index (χ0v) is 11.2. The zero-order valence-electron chi connectivity index (χ0n) is 11.2. The van der Waals surface area contributed by atoms with Crippen LogP contribution in [0.1, 0.15) is 46.5 Å². The van der Waals surface area contributed by atoms with E-state index < -0.39 is 0 Å². The van der Waals surface area contributed by atoms with Crippen molar-refractivity contribution in [2.24, 2.45) is 5.92 Å².